The van der Waals surface area contributed by atoms with Crippen LogP contribution in [0.5, 0.6) is 5.75 Å². The average Bonchev–Trinajstić information content (AvgIpc) is 2.71. The Kier molecular flexibility index (Phi) is 3.66. The Morgan fingerprint density at radius 2 is 2.10 bits per heavy atom. The standard InChI is InChI=1S/C17H24N2O2/c1-4-17(2)16(20)19(12-8-7-9-12)15(18-17)13-10-5-6-11-14(13)21-3/h5-6,10-12,15,18H,4,7-9H2,1-3H3. The number of para-hydroxylation sites is 1. The van der Waals surface area contributed by atoms with Crippen LogP contribution in [0.3, 0.4) is 0 Å². The third-order valence-electron chi connectivity index (χ3n) is 5.05. The molecule has 3 rings (SSSR count). The summed E-state index contributed by atoms with van der Waals surface area (Å²) in [5.41, 5.74) is 0.582. The highest BCUT2D eigenvalue weighted by molar-refractivity contribution is 5.89. The largest absolute Gasteiger partial charge is 0.496 e. The smallest absolute Gasteiger partial charge is 0.244 e. The van der Waals surface area contributed by atoms with Gasteiger partial charge in [0.05, 0.1) is 12.6 Å². The number of hydrogen-bond acceptors (Lipinski definition) is 3. The van der Waals surface area contributed by atoms with Crippen LogP contribution in [0, 0.1) is 0 Å². The van der Waals surface area contributed by atoms with Crippen LogP contribution in [0.25, 0.3) is 0 Å². The lowest BCUT2D eigenvalue weighted by Gasteiger charge is -2.38. The van der Waals surface area contributed by atoms with Crippen molar-refractivity contribution in [3.8, 4) is 5.75 Å². The molecule has 1 aromatic carbocycles. The molecule has 0 spiro atoms. The van der Waals surface area contributed by atoms with E-state index in [1.807, 2.05) is 25.1 Å². The van der Waals surface area contributed by atoms with Crippen molar-refractivity contribution in [2.24, 2.45) is 0 Å². The first-order valence-electron chi connectivity index (χ1n) is 7.84. The van der Waals surface area contributed by atoms with Gasteiger partial charge in [-0.2, -0.15) is 0 Å². The van der Waals surface area contributed by atoms with Gasteiger partial charge in [0.2, 0.25) is 5.91 Å². The molecule has 114 valence electrons. The van der Waals surface area contributed by atoms with Gasteiger partial charge in [-0.3, -0.25) is 10.1 Å². The number of hydrogen-bond donors (Lipinski definition) is 1. The molecule has 1 aromatic rings. The Morgan fingerprint density at radius 1 is 1.38 bits per heavy atom. The molecule has 1 saturated heterocycles. The fraction of sp³-hybridized carbons (Fsp3) is 0.588. The second kappa shape index (κ2) is 5.34. The lowest BCUT2D eigenvalue weighted by molar-refractivity contribution is -0.136. The van der Waals surface area contributed by atoms with Gasteiger partial charge in [-0.15, -0.1) is 0 Å². The third kappa shape index (κ3) is 2.22. The van der Waals surface area contributed by atoms with Crippen molar-refractivity contribution in [3.05, 3.63) is 29.8 Å². The van der Waals surface area contributed by atoms with Crippen molar-refractivity contribution in [1.29, 1.82) is 0 Å². The highest BCUT2D eigenvalue weighted by Gasteiger charge is 2.51. The summed E-state index contributed by atoms with van der Waals surface area (Å²) in [4.78, 5) is 15.0. The summed E-state index contributed by atoms with van der Waals surface area (Å²) >= 11 is 0. The number of amides is 1. The van der Waals surface area contributed by atoms with Crippen LogP contribution in [-0.4, -0.2) is 29.5 Å². The normalized spacial score (nSPS) is 29.6. The molecule has 1 amide bonds. The number of nitrogens with zero attached hydrogens (tertiary/aromatic N) is 1. The van der Waals surface area contributed by atoms with Crippen LogP contribution in [0.4, 0.5) is 0 Å². The average molecular weight is 288 g/mol. The lowest BCUT2D eigenvalue weighted by atomic mass is 9.89. The first kappa shape index (κ1) is 14.4. The number of rotatable bonds is 4. The quantitative estimate of drug-likeness (QED) is 0.926. The maximum absolute atomic E-state index is 12.9. The minimum Gasteiger partial charge on any atom is -0.496 e. The van der Waals surface area contributed by atoms with E-state index in [1.165, 1.54) is 6.42 Å². The van der Waals surface area contributed by atoms with Crippen LogP contribution < -0.4 is 10.1 Å². The Balaban J connectivity index is 2.00. The number of benzene rings is 1. The molecule has 2 unspecified atom stereocenters. The fourth-order valence-electron chi connectivity index (χ4n) is 3.25. The van der Waals surface area contributed by atoms with Gasteiger partial charge in [-0.25, -0.2) is 0 Å². The maximum atomic E-state index is 12.9. The molecule has 4 heteroatoms. The van der Waals surface area contributed by atoms with Crippen molar-refractivity contribution in [2.45, 2.75) is 57.3 Å². The molecule has 2 aliphatic rings. The van der Waals surface area contributed by atoms with Gasteiger partial charge in [0.15, 0.2) is 0 Å². The molecular formula is C17H24N2O2. The van der Waals surface area contributed by atoms with Crippen LogP contribution >= 0.6 is 0 Å². The fourth-order valence-corrected chi connectivity index (χ4v) is 3.25. The van der Waals surface area contributed by atoms with E-state index in [1.54, 1.807) is 7.11 Å². The molecular weight excluding hydrogens is 264 g/mol. The summed E-state index contributed by atoms with van der Waals surface area (Å²) in [6.07, 6.45) is 4.15. The molecule has 21 heavy (non-hydrogen) atoms. The number of carbonyl (C=O) groups excluding carboxylic acids is 1. The molecule has 0 bridgehead atoms. The summed E-state index contributed by atoms with van der Waals surface area (Å²) in [5, 5.41) is 3.55. The molecule has 1 heterocycles. The summed E-state index contributed by atoms with van der Waals surface area (Å²) in [5.74, 6) is 1.07. The molecule has 1 saturated carbocycles. The van der Waals surface area contributed by atoms with Crippen molar-refractivity contribution in [2.75, 3.05) is 7.11 Å². The molecule has 1 aliphatic heterocycles. The van der Waals surface area contributed by atoms with E-state index in [0.29, 0.717) is 6.04 Å². The van der Waals surface area contributed by atoms with Gasteiger partial charge < -0.3 is 9.64 Å². The molecule has 1 aliphatic carbocycles. The SMILES string of the molecule is CCC1(C)NC(c2ccccc2OC)N(C2CCC2)C1=O. The van der Waals surface area contributed by atoms with Gasteiger partial charge in [0.25, 0.3) is 0 Å². The molecule has 0 radical (unpaired) electrons. The molecule has 0 aromatic heterocycles. The Hall–Kier alpha value is -1.55. The highest BCUT2D eigenvalue weighted by Crippen LogP contribution is 2.41. The molecule has 2 atom stereocenters. The second-order valence-electron chi connectivity index (χ2n) is 6.27. The van der Waals surface area contributed by atoms with E-state index in [4.69, 9.17) is 4.74 Å². The summed E-state index contributed by atoms with van der Waals surface area (Å²) in [7, 11) is 1.68. The van der Waals surface area contributed by atoms with E-state index >= 15 is 0 Å². The number of methoxy groups -OCH3 is 1. The monoisotopic (exact) mass is 288 g/mol. The zero-order valence-electron chi connectivity index (χ0n) is 13.1. The Bertz CT molecular complexity index is 541. The van der Waals surface area contributed by atoms with Crippen LogP contribution in [0.15, 0.2) is 24.3 Å². The molecule has 4 nitrogen and oxygen atoms in total. The van der Waals surface area contributed by atoms with Gasteiger partial charge in [-0.05, 0) is 38.7 Å². The van der Waals surface area contributed by atoms with Crippen molar-refractivity contribution >= 4 is 5.91 Å². The Labute approximate surface area is 126 Å². The zero-order valence-corrected chi connectivity index (χ0v) is 13.1. The van der Waals surface area contributed by atoms with Gasteiger partial charge in [0.1, 0.15) is 11.9 Å². The van der Waals surface area contributed by atoms with Crippen molar-refractivity contribution in [1.82, 2.24) is 10.2 Å². The van der Waals surface area contributed by atoms with Gasteiger partial charge >= 0.3 is 0 Å². The summed E-state index contributed by atoms with van der Waals surface area (Å²) in [6.45, 7) is 4.07. The Morgan fingerprint density at radius 3 is 2.67 bits per heavy atom. The van der Waals surface area contributed by atoms with Crippen LogP contribution in [-0.2, 0) is 4.79 Å². The predicted octanol–water partition coefficient (Wildman–Crippen LogP) is 2.85. The number of carbonyl (C=O) groups is 1. The van der Waals surface area contributed by atoms with Crippen LogP contribution in [0.2, 0.25) is 0 Å². The first-order chi connectivity index (χ1) is 10.1. The summed E-state index contributed by atoms with van der Waals surface area (Å²) < 4.78 is 5.50. The lowest BCUT2D eigenvalue weighted by Crippen LogP contribution is -2.46. The van der Waals surface area contributed by atoms with Crippen molar-refractivity contribution in [3.63, 3.8) is 0 Å². The number of nitrogens with one attached hydrogen (secondary N) is 1. The summed E-state index contributed by atoms with van der Waals surface area (Å²) in [6, 6.07) is 8.35. The van der Waals surface area contributed by atoms with Gasteiger partial charge in [-0.1, -0.05) is 25.1 Å². The topological polar surface area (TPSA) is 41.6 Å². The van der Waals surface area contributed by atoms with E-state index in [9.17, 15) is 4.79 Å². The maximum Gasteiger partial charge on any atom is 0.244 e. The minimum atomic E-state index is -0.471. The van der Waals surface area contributed by atoms with E-state index in [2.05, 4.69) is 23.2 Å². The number of ether oxygens (including phenoxy) is 1. The predicted molar refractivity (Wildman–Crippen MR) is 82.1 cm³/mol. The molecule has 1 N–H and O–H groups in total. The minimum absolute atomic E-state index is 0.0797. The van der Waals surface area contributed by atoms with E-state index < -0.39 is 5.54 Å². The second-order valence-corrected chi connectivity index (χ2v) is 6.27. The van der Waals surface area contributed by atoms with Crippen molar-refractivity contribution < 1.29 is 9.53 Å². The van der Waals surface area contributed by atoms with Crippen LogP contribution in [0.1, 0.15) is 51.3 Å². The first-order valence-corrected chi connectivity index (χ1v) is 7.84. The van der Waals surface area contributed by atoms with E-state index in [0.717, 1.165) is 30.6 Å². The molecule has 2 fully saturated rings. The zero-order chi connectivity index (χ0) is 15.0. The third-order valence-corrected chi connectivity index (χ3v) is 5.05. The van der Waals surface area contributed by atoms with Gasteiger partial charge in [0, 0.05) is 11.6 Å². The van der Waals surface area contributed by atoms with E-state index in [-0.39, 0.29) is 12.1 Å². The highest BCUT2D eigenvalue weighted by atomic mass is 16.5.